The van der Waals surface area contributed by atoms with Gasteiger partial charge in [-0.15, -0.1) is 0 Å². The first-order chi connectivity index (χ1) is 10.5. The highest BCUT2D eigenvalue weighted by atomic mass is 35.5. The van der Waals surface area contributed by atoms with E-state index in [9.17, 15) is 9.59 Å². The lowest BCUT2D eigenvalue weighted by Crippen LogP contribution is -2.41. The van der Waals surface area contributed by atoms with Gasteiger partial charge in [-0.3, -0.25) is 14.8 Å². The molecule has 0 aliphatic carbocycles. The van der Waals surface area contributed by atoms with E-state index >= 15 is 0 Å². The molecule has 1 fully saturated rings. The normalized spacial score (nSPS) is 16.0. The molecule has 2 rings (SSSR count). The molecule has 1 aromatic rings. The minimum absolute atomic E-state index is 0.150. The maximum atomic E-state index is 12.1. The van der Waals surface area contributed by atoms with Gasteiger partial charge in [0.25, 0.3) is 0 Å². The fraction of sp³-hybridized carbons (Fsp3) is 0.333. The zero-order chi connectivity index (χ0) is 16.1. The summed E-state index contributed by atoms with van der Waals surface area (Å²) in [5.41, 5.74) is 2.30. The Kier molecular flexibility index (Phi) is 5.83. The van der Waals surface area contributed by atoms with E-state index in [1.807, 2.05) is 0 Å². The summed E-state index contributed by atoms with van der Waals surface area (Å²) in [6.07, 6.45) is 4.10. The molecule has 22 heavy (non-hydrogen) atoms. The molecule has 2 N–H and O–H groups in total. The predicted molar refractivity (Wildman–Crippen MR) is 83.6 cm³/mol. The van der Waals surface area contributed by atoms with Crippen LogP contribution in [0.1, 0.15) is 18.4 Å². The third-order valence-electron chi connectivity index (χ3n) is 3.61. The second-order valence-electron chi connectivity index (χ2n) is 4.97. The number of nitrogens with zero attached hydrogens (tertiary/aromatic N) is 1. The van der Waals surface area contributed by atoms with Gasteiger partial charge in [-0.25, -0.2) is 5.48 Å². The largest absolute Gasteiger partial charge is 0.339 e. The fourth-order valence-electron chi connectivity index (χ4n) is 2.32. The first-order valence-electron chi connectivity index (χ1n) is 6.79. The average molecular weight is 342 g/mol. The zero-order valence-electron chi connectivity index (χ0n) is 11.7. The number of carbonyl (C=O) groups is 2. The van der Waals surface area contributed by atoms with Crippen LogP contribution in [-0.2, 0) is 9.59 Å². The number of hydroxylamine groups is 1. The molecule has 1 heterocycles. The molecule has 1 saturated heterocycles. The van der Waals surface area contributed by atoms with Crippen molar-refractivity contribution in [3.8, 4) is 0 Å². The van der Waals surface area contributed by atoms with Crippen molar-refractivity contribution in [3.63, 3.8) is 0 Å². The molecule has 1 radical (unpaired) electrons. The molecular weight excluding hydrogens is 327 g/mol. The third kappa shape index (κ3) is 4.00. The smallest absolute Gasteiger partial charge is 0.246 e. The van der Waals surface area contributed by atoms with Crippen LogP contribution in [0.4, 0.5) is 0 Å². The van der Waals surface area contributed by atoms with Gasteiger partial charge in [-0.2, -0.15) is 0 Å². The highest BCUT2D eigenvalue weighted by Crippen LogP contribution is 2.26. The Hall–Kier alpha value is -1.56. The topological polar surface area (TPSA) is 69.6 Å². The minimum Gasteiger partial charge on any atom is -0.339 e. The average Bonchev–Trinajstić information content (AvgIpc) is 2.55. The zero-order valence-corrected chi connectivity index (χ0v) is 13.2. The summed E-state index contributed by atoms with van der Waals surface area (Å²) < 4.78 is 0. The van der Waals surface area contributed by atoms with Crippen molar-refractivity contribution in [3.05, 3.63) is 39.9 Å². The number of likely N-dealkylation sites (tertiary alicyclic amines) is 1. The van der Waals surface area contributed by atoms with Crippen LogP contribution in [0.3, 0.4) is 0 Å². The molecule has 2 amide bonds. The summed E-state index contributed by atoms with van der Waals surface area (Å²) in [7, 11) is 0. The van der Waals surface area contributed by atoms with Gasteiger partial charge in [0.05, 0.1) is 10.0 Å². The first-order valence-corrected chi connectivity index (χ1v) is 7.55. The molecule has 0 bridgehead atoms. The second-order valence-corrected chi connectivity index (χ2v) is 5.73. The lowest BCUT2D eigenvalue weighted by molar-refractivity contribution is -0.137. The van der Waals surface area contributed by atoms with Crippen LogP contribution in [0.5, 0.6) is 0 Å². The van der Waals surface area contributed by atoms with Gasteiger partial charge in [0.2, 0.25) is 11.8 Å². The van der Waals surface area contributed by atoms with E-state index in [1.165, 1.54) is 6.08 Å². The summed E-state index contributed by atoms with van der Waals surface area (Å²) >= 11 is 11.9. The van der Waals surface area contributed by atoms with Gasteiger partial charge in [0, 0.05) is 31.1 Å². The maximum absolute atomic E-state index is 12.1. The number of nitrogens with one attached hydrogen (secondary N) is 1. The maximum Gasteiger partial charge on any atom is 0.246 e. The molecular formula is C15H15Cl2N2O3. The summed E-state index contributed by atoms with van der Waals surface area (Å²) in [5.74, 6) is -0.802. The molecule has 117 valence electrons. The van der Waals surface area contributed by atoms with Crippen molar-refractivity contribution in [2.24, 2.45) is 5.92 Å². The second kappa shape index (κ2) is 7.63. The number of rotatable bonds is 3. The summed E-state index contributed by atoms with van der Waals surface area (Å²) in [5, 5.41) is 9.27. The quantitative estimate of drug-likeness (QED) is 0.504. The van der Waals surface area contributed by atoms with Crippen molar-refractivity contribution in [1.29, 1.82) is 0 Å². The molecule has 1 aliphatic heterocycles. The van der Waals surface area contributed by atoms with E-state index in [0.29, 0.717) is 41.5 Å². The molecule has 1 aliphatic rings. The highest BCUT2D eigenvalue weighted by molar-refractivity contribution is 6.42. The van der Waals surface area contributed by atoms with Gasteiger partial charge < -0.3 is 4.90 Å². The molecule has 5 nitrogen and oxygen atoms in total. The summed E-state index contributed by atoms with van der Waals surface area (Å²) in [4.78, 5) is 25.1. The molecule has 7 heteroatoms. The molecule has 0 unspecified atom stereocenters. The van der Waals surface area contributed by atoms with Crippen LogP contribution >= 0.6 is 23.2 Å². The summed E-state index contributed by atoms with van der Waals surface area (Å²) in [6.45, 7) is 0.941. The Morgan fingerprint density at radius 1 is 1.36 bits per heavy atom. The Labute approximate surface area is 138 Å². The van der Waals surface area contributed by atoms with Gasteiger partial charge in [-0.1, -0.05) is 35.3 Å². The Morgan fingerprint density at radius 3 is 2.68 bits per heavy atom. The van der Waals surface area contributed by atoms with Gasteiger partial charge in [-0.05, 0) is 24.5 Å². The van der Waals surface area contributed by atoms with Crippen molar-refractivity contribution in [2.75, 3.05) is 13.1 Å². The highest BCUT2D eigenvalue weighted by Gasteiger charge is 2.26. The Morgan fingerprint density at radius 2 is 2.05 bits per heavy atom. The van der Waals surface area contributed by atoms with E-state index < -0.39 is 5.91 Å². The van der Waals surface area contributed by atoms with Crippen LogP contribution in [0.25, 0.3) is 6.08 Å². The number of piperidine rings is 1. The fourth-order valence-corrected chi connectivity index (χ4v) is 2.67. The Bertz CT molecular complexity index is 596. The number of carbonyl (C=O) groups excluding carboxylic acids is 2. The standard InChI is InChI=1S/C15H15Cl2N2O3/c16-12-3-1-2-10(14(12)17)4-5-13(20)19-8-6-11(7-9-19)15(21)18-22/h1-2,4-5,11,22H,6-9H2,(H,18,21)/b5-4+. The van der Waals surface area contributed by atoms with Crippen molar-refractivity contribution < 1.29 is 14.8 Å². The molecule has 0 atom stereocenters. The van der Waals surface area contributed by atoms with Crippen LogP contribution in [-0.4, -0.2) is 35.0 Å². The van der Waals surface area contributed by atoms with Crippen LogP contribution in [0, 0.1) is 12.0 Å². The predicted octanol–water partition coefficient (Wildman–Crippen LogP) is 2.55. The SMILES string of the molecule is O=C(NO)C1CCN(C(=O)/C=C/c2cc[c]c(Cl)c2Cl)CC1. The molecule has 0 aromatic heterocycles. The minimum atomic E-state index is -0.399. The number of hydrogen-bond donors (Lipinski definition) is 2. The van der Waals surface area contributed by atoms with Gasteiger partial charge in [0.1, 0.15) is 0 Å². The number of amides is 2. The van der Waals surface area contributed by atoms with Crippen molar-refractivity contribution in [1.82, 2.24) is 10.4 Å². The molecule has 1 aromatic carbocycles. The van der Waals surface area contributed by atoms with Gasteiger partial charge in [0.15, 0.2) is 0 Å². The lowest BCUT2D eigenvalue weighted by atomic mass is 9.96. The third-order valence-corrected chi connectivity index (χ3v) is 4.41. The van der Waals surface area contributed by atoms with Crippen molar-refractivity contribution in [2.45, 2.75) is 12.8 Å². The first kappa shape index (κ1) is 16.8. The monoisotopic (exact) mass is 341 g/mol. The van der Waals surface area contributed by atoms with E-state index in [4.69, 9.17) is 28.4 Å². The van der Waals surface area contributed by atoms with Crippen molar-refractivity contribution >= 4 is 41.1 Å². The van der Waals surface area contributed by atoms with E-state index in [-0.39, 0.29) is 11.8 Å². The van der Waals surface area contributed by atoms with Crippen LogP contribution in [0.2, 0.25) is 10.0 Å². The summed E-state index contributed by atoms with van der Waals surface area (Å²) in [6, 6.07) is 6.11. The number of halogens is 2. The van der Waals surface area contributed by atoms with Crippen LogP contribution < -0.4 is 5.48 Å². The van der Waals surface area contributed by atoms with E-state index in [1.54, 1.807) is 28.6 Å². The van der Waals surface area contributed by atoms with Crippen LogP contribution in [0.15, 0.2) is 18.2 Å². The van der Waals surface area contributed by atoms with E-state index in [0.717, 1.165) is 0 Å². The molecule has 0 spiro atoms. The Balaban J connectivity index is 1.95. The van der Waals surface area contributed by atoms with E-state index in [2.05, 4.69) is 6.07 Å². The lowest BCUT2D eigenvalue weighted by Gasteiger charge is -2.30. The number of hydrogen-bond acceptors (Lipinski definition) is 3. The molecule has 0 saturated carbocycles. The van der Waals surface area contributed by atoms with Gasteiger partial charge >= 0.3 is 0 Å². The number of benzene rings is 1.